The molecule has 2 aliphatic rings. The Kier molecular flexibility index (Phi) is 5.59. The number of amides is 3. The van der Waals surface area contributed by atoms with E-state index in [2.05, 4.69) is 5.32 Å². The molecule has 2 fully saturated rings. The van der Waals surface area contributed by atoms with Crippen molar-refractivity contribution in [3.63, 3.8) is 0 Å². The Morgan fingerprint density at radius 2 is 1.81 bits per heavy atom. The molecule has 118 valence electrons. The minimum Gasteiger partial charge on any atom is -0.465 e. The zero-order valence-electron chi connectivity index (χ0n) is 11.5. The molecule has 2 N–H and O–H groups in total. The second-order valence-electron chi connectivity index (χ2n) is 4.57. The Bertz CT molecular complexity index is 436. The van der Waals surface area contributed by atoms with Crippen molar-refractivity contribution in [1.29, 1.82) is 0 Å². The third kappa shape index (κ3) is 3.55. The van der Waals surface area contributed by atoms with Crippen LogP contribution in [0.25, 0.3) is 0 Å². The average molecular weight is 335 g/mol. The molecule has 0 aromatic carbocycles. The molecule has 10 heteroatoms. The maximum atomic E-state index is 12.5. The van der Waals surface area contributed by atoms with Gasteiger partial charge in [-0.1, -0.05) is 0 Å². The van der Waals surface area contributed by atoms with Crippen LogP contribution in [0, 0.1) is 0 Å². The summed E-state index contributed by atoms with van der Waals surface area (Å²) in [5, 5.41) is 11.7. The van der Waals surface area contributed by atoms with Gasteiger partial charge in [-0.3, -0.25) is 14.5 Å². The maximum absolute atomic E-state index is 12.5. The highest BCUT2D eigenvalue weighted by Gasteiger charge is 2.42. The van der Waals surface area contributed by atoms with Crippen LogP contribution in [0.4, 0.5) is 4.79 Å². The van der Waals surface area contributed by atoms with Crippen LogP contribution in [0.15, 0.2) is 0 Å². The summed E-state index contributed by atoms with van der Waals surface area (Å²) in [4.78, 5) is 38.3. The normalized spacial score (nSPS) is 25.2. The zero-order valence-corrected chi connectivity index (χ0v) is 13.1. The molecule has 0 radical (unpaired) electrons. The van der Waals surface area contributed by atoms with Gasteiger partial charge < -0.3 is 20.1 Å². The van der Waals surface area contributed by atoms with Crippen LogP contribution in [-0.2, 0) is 14.3 Å². The highest BCUT2D eigenvalue weighted by Crippen LogP contribution is 2.27. The van der Waals surface area contributed by atoms with Crippen LogP contribution < -0.4 is 5.32 Å². The summed E-state index contributed by atoms with van der Waals surface area (Å²) < 4.78 is 4.78. The van der Waals surface area contributed by atoms with Crippen LogP contribution in [0.3, 0.4) is 0 Å². The monoisotopic (exact) mass is 335 g/mol. The Balaban J connectivity index is 2.03. The van der Waals surface area contributed by atoms with Gasteiger partial charge in [0.15, 0.2) is 0 Å². The SMILES string of the molecule is COCNC(=O)C1CSCN1C(=O)C1CSCN1C(=O)O. The van der Waals surface area contributed by atoms with E-state index in [1.165, 1.54) is 35.5 Å². The lowest BCUT2D eigenvalue weighted by Gasteiger charge is -2.28. The van der Waals surface area contributed by atoms with Crippen molar-refractivity contribution < 1.29 is 24.2 Å². The second kappa shape index (κ2) is 7.23. The summed E-state index contributed by atoms with van der Waals surface area (Å²) in [6.45, 7) is 0.0859. The van der Waals surface area contributed by atoms with Crippen molar-refractivity contribution in [3.8, 4) is 0 Å². The third-order valence-corrected chi connectivity index (χ3v) is 5.30. The molecule has 2 heterocycles. The molecule has 2 rings (SSSR count). The molecule has 2 saturated heterocycles. The number of methoxy groups -OCH3 is 1. The minimum absolute atomic E-state index is 0.0859. The number of carbonyl (C=O) groups excluding carboxylic acids is 2. The molecule has 21 heavy (non-hydrogen) atoms. The van der Waals surface area contributed by atoms with Gasteiger partial charge in [-0.2, -0.15) is 0 Å². The molecule has 0 aromatic rings. The standard InChI is InChI=1S/C11H17N3O5S2/c1-19-4-12-9(15)7-2-20-5-13(7)10(16)8-3-21-6-14(8)11(17)18/h7-8H,2-6H2,1H3,(H,12,15)(H,17,18). The minimum atomic E-state index is -1.11. The Hall–Kier alpha value is -1.13. The molecule has 2 aliphatic heterocycles. The lowest BCUT2D eigenvalue weighted by molar-refractivity contribution is -0.141. The van der Waals surface area contributed by atoms with Gasteiger partial charge in [0, 0.05) is 18.6 Å². The molecule has 2 unspecified atom stereocenters. The Morgan fingerprint density at radius 1 is 1.19 bits per heavy atom. The van der Waals surface area contributed by atoms with Gasteiger partial charge in [0.25, 0.3) is 0 Å². The summed E-state index contributed by atoms with van der Waals surface area (Å²) in [6, 6.07) is -1.28. The number of carboxylic acid groups (broad SMARTS) is 1. The summed E-state index contributed by atoms with van der Waals surface area (Å²) in [6.07, 6.45) is -1.11. The number of nitrogens with zero attached hydrogens (tertiary/aromatic N) is 2. The van der Waals surface area contributed by atoms with E-state index in [4.69, 9.17) is 9.84 Å². The second-order valence-corrected chi connectivity index (χ2v) is 6.57. The van der Waals surface area contributed by atoms with E-state index in [1.54, 1.807) is 0 Å². The molecule has 2 atom stereocenters. The fraction of sp³-hybridized carbons (Fsp3) is 0.727. The quantitative estimate of drug-likeness (QED) is 0.678. The number of ether oxygens (including phenoxy) is 1. The highest BCUT2D eigenvalue weighted by molar-refractivity contribution is 7.99. The fourth-order valence-corrected chi connectivity index (χ4v) is 4.47. The molecule has 8 nitrogen and oxygen atoms in total. The predicted octanol–water partition coefficient (Wildman–Crippen LogP) is -0.339. The predicted molar refractivity (Wildman–Crippen MR) is 79.0 cm³/mol. The van der Waals surface area contributed by atoms with Crippen LogP contribution in [0.5, 0.6) is 0 Å². The van der Waals surface area contributed by atoms with Crippen molar-refractivity contribution in [2.45, 2.75) is 12.1 Å². The molecule has 0 aliphatic carbocycles. The van der Waals surface area contributed by atoms with Crippen LogP contribution in [-0.4, -0.2) is 82.0 Å². The topological polar surface area (TPSA) is 99.2 Å². The molecular formula is C11H17N3O5S2. The van der Waals surface area contributed by atoms with Crippen LogP contribution in [0.1, 0.15) is 0 Å². The van der Waals surface area contributed by atoms with E-state index in [-0.39, 0.29) is 24.4 Å². The summed E-state index contributed by atoms with van der Waals surface area (Å²) in [5.41, 5.74) is 0. The Morgan fingerprint density at radius 3 is 2.43 bits per heavy atom. The zero-order chi connectivity index (χ0) is 15.4. The number of hydrogen-bond donors (Lipinski definition) is 2. The van der Waals surface area contributed by atoms with Crippen molar-refractivity contribution in [2.24, 2.45) is 0 Å². The summed E-state index contributed by atoms with van der Waals surface area (Å²) in [7, 11) is 1.47. The van der Waals surface area contributed by atoms with E-state index in [0.29, 0.717) is 17.4 Å². The van der Waals surface area contributed by atoms with Gasteiger partial charge in [0.1, 0.15) is 18.8 Å². The van der Waals surface area contributed by atoms with Gasteiger partial charge in [0.2, 0.25) is 11.8 Å². The third-order valence-electron chi connectivity index (χ3n) is 3.27. The highest BCUT2D eigenvalue weighted by atomic mass is 32.2. The molecule has 0 bridgehead atoms. The van der Waals surface area contributed by atoms with Gasteiger partial charge in [-0.25, -0.2) is 4.79 Å². The number of thioether (sulfide) groups is 2. The molecule has 3 amide bonds. The molecule has 0 saturated carbocycles. The van der Waals surface area contributed by atoms with Crippen LogP contribution >= 0.6 is 23.5 Å². The smallest absolute Gasteiger partial charge is 0.408 e. The van der Waals surface area contributed by atoms with Crippen molar-refractivity contribution in [2.75, 3.05) is 37.1 Å². The van der Waals surface area contributed by atoms with E-state index in [1.807, 2.05) is 0 Å². The van der Waals surface area contributed by atoms with E-state index in [0.717, 1.165) is 4.90 Å². The lowest BCUT2D eigenvalue weighted by atomic mass is 10.2. The van der Waals surface area contributed by atoms with Crippen LogP contribution in [0.2, 0.25) is 0 Å². The molecule has 0 aromatic heterocycles. The van der Waals surface area contributed by atoms with Gasteiger partial charge in [0.05, 0.1) is 11.8 Å². The summed E-state index contributed by atoms with van der Waals surface area (Å²) in [5.74, 6) is 1.05. The van der Waals surface area contributed by atoms with Gasteiger partial charge in [-0.15, -0.1) is 23.5 Å². The summed E-state index contributed by atoms with van der Waals surface area (Å²) >= 11 is 2.88. The van der Waals surface area contributed by atoms with Gasteiger partial charge >= 0.3 is 6.09 Å². The van der Waals surface area contributed by atoms with Gasteiger partial charge in [-0.05, 0) is 0 Å². The molecular weight excluding hydrogens is 318 g/mol. The van der Waals surface area contributed by atoms with Crippen molar-refractivity contribution in [1.82, 2.24) is 15.1 Å². The lowest BCUT2D eigenvalue weighted by Crippen LogP contribution is -2.54. The van der Waals surface area contributed by atoms with E-state index in [9.17, 15) is 14.4 Å². The largest absolute Gasteiger partial charge is 0.465 e. The fourth-order valence-electron chi connectivity index (χ4n) is 2.17. The van der Waals surface area contributed by atoms with E-state index >= 15 is 0 Å². The maximum Gasteiger partial charge on any atom is 0.408 e. The number of rotatable bonds is 4. The molecule has 0 spiro atoms. The number of carbonyl (C=O) groups is 3. The average Bonchev–Trinajstić information content (AvgIpc) is 3.12. The Labute approximate surface area is 130 Å². The van der Waals surface area contributed by atoms with E-state index < -0.39 is 18.2 Å². The first kappa shape index (κ1) is 16.2. The first-order chi connectivity index (χ1) is 10.1. The number of hydrogen-bond acceptors (Lipinski definition) is 6. The van der Waals surface area contributed by atoms with Crippen molar-refractivity contribution >= 4 is 41.4 Å². The van der Waals surface area contributed by atoms with Crippen molar-refractivity contribution in [3.05, 3.63) is 0 Å². The number of nitrogens with one attached hydrogen (secondary N) is 1. The first-order valence-electron chi connectivity index (χ1n) is 6.28. The first-order valence-corrected chi connectivity index (χ1v) is 8.59.